The molecule has 0 aliphatic carbocycles. The van der Waals surface area contributed by atoms with Gasteiger partial charge in [-0.05, 0) is 32.2 Å². The zero-order chi connectivity index (χ0) is 18.3. The van der Waals surface area contributed by atoms with E-state index in [9.17, 15) is 4.79 Å². The van der Waals surface area contributed by atoms with Crippen LogP contribution in [0.25, 0.3) is 10.8 Å². The maximum absolute atomic E-state index is 12.8. The lowest BCUT2D eigenvalue weighted by Gasteiger charge is -2.35. The Balaban J connectivity index is 1.78. The number of carbonyl (C=O) groups is 1. The lowest BCUT2D eigenvalue weighted by Crippen LogP contribution is -2.43. The highest BCUT2D eigenvalue weighted by molar-refractivity contribution is 5.82. The molecule has 2 aromatic heterocycles. The molecule has 0 fully saturated rings. The van der Waals surface area contributed by atoms with E-state index in [0.29, 0.717) is 6.54 Å². The largest absolute Gasteiger partial charge is 0.444 e. The first-order valence-electron chi connectivity index (χ1n) is 8.79. The Bertz CT molecular complexity index is 958. The molecular formula is C20H22N4O2. The molecule has 26 heavy (non-hydrogen) atoms. The van der Waals surface area contributed by atoms with E-state index < -0.39 is 5.60 Å². The monoisotopic (exact) mass is 350 g/mol. The number of fused-ring (bicyclic) bond motifs is 2. The summed E-state index contributed by atoms with van der Waals surface area (Å²) in [5.74, 6) is 0. The average Bonchev–Trinajstić information content (AvgIpc) is 3.07. The third-order valence-corrected chi connectivity index (χ3v) is 4.49. The van der Waals surface area contributed by atoms with Gasteiger partial charge in [-0.2, -0.15) is 0 Å². The van der Waals surface area contributed by atoms with Crippen molar-refractivity contribution in [3.63, 3.8) is 0 Å². The molecule has 134 valence electrons. The van der Waals surface area contributed by atoms with Crippen LogP contribution in [0.3, 0.4) is 0 Å². The summed E-state index contributed by atoms with van der Waals surface area (Å²) in [6, 6.07) is 9.73. The summed E-state index contributed by atoms with van der Waals surface area (Å²) in [4.78, 5) is 26.9. The summed E-state index contributed by atoms with van der Waals surface area (Å²) in [7, 11) is 0. The van der Waals surface area contributed by atoms with Crippen LogP contribution >= 0.6 is 0 Å². The maximum atomic E-state index is 12.8. The number of aromatic nitrogens is 3. The van der Waals surface area contributed by atoms with Crippen molar-refractivity contribution < 1.29 is 9.53 Å². The lowest BCUT2D eigenvalue weighted by atomic mass is 9.98. The van der Waals surface area contributed by atoms with Gasteiger partial charge >= 0.3 is 6.09 Å². The number of aromatic amines is 1. The fraction of sp³-hybridized carbons (Fsp3) is 0.350. The first-order chi connectivity index (χ1) is 12.4. The van der Waals surface area contributed by atoms with Crippen LogP contribution in [0.4, 0.5) is 4.79 Å². The van der Waals surface area contributed by atoms with Crippen molar-refractivity contribution in [2.75, 3.05) is 6.54 Å². The number of hydrogen-bond donors (Lipinski definition) is 1. The average molecular weight is 350 g/mol. The lowest BCUT2D eigenvalue weighted by molar-refractivity contribution is 0.0170. The summed E-state index contributed by atoms with van der Waals surface area (Å²) in [6.07, 6.45) is 3.90. The molecule has 0 bridgehead atoms. The van der Waals surface area contributed by atoms with Crippen molar-refractivity contribution in [2.24, 2.45) is 0 Å². The highest BCUT2D eigenvalue weighted by atomic mass is 16.6. The Morgan fingerprint density at radius 2 is 2.00 bits per heavy atom. The standard InChI is InChI=1S/C20H22N4O2/c1-20(2,3)26-19(25)24-9-8-15-17(23-12-22-15)18(24)16-10-13-6-4-5-7-14(13)11-21-16/h4-7,10-12,18H,8-9H2,1-3H3,(H,22,23). The van der Waals surface area contributed by atoms with Crippen LogP contribution in [0.1, 0.15) is 43.9 Å². The number of carbonyl (C=O) groups excluding carboxylic acids is 1. The third-order valence-electron chi connectivity index (χ3n) is 4.49. The minimum Gasteiger partial charge on any atom is -0.444 e. The van der Waals surface area contributed by atoms with Crippen LogP contribution in [0.2, 0.25) is 0 Å². The highest BCUT2D eigenvalue weighted by Gasteiger charge is 2.37. The van der Waals surface area contributed by atoms with Crippen LogP contribution in [0.5, 0.6) is 0 Å². The molecule has 6 nitrogen and oxygen atoms in total. The molecule has 1 unspecified atom stereocenters. The molecule has 0 saturated carbocycles. The Morgan fingerprint density at radius 1 is 1.23 bits per heavy atom. The Kier molecular flexibility index (Phi) is 3.90. The normalized spacial score (nSPS) is 17.2. The predicted octanol–water partition coefficient (Wildman–Crippen LogP) is 3.84. The van der Waals surface area contributed by atoms with E-state index >= 15 is 0 Å². The molecule has 3 aromatic rings. The van der Waals surface area contributed by atoms with Gasteiger partial charge in [0, 0.05) is 30.2 Å². The second-order valence-corrected chi connectivity index (χ2v) is 7.55. The molecule has 1 amide bonds. The van der Waals surface area contributed by atoms with Gasteiger partial charge in [-0.1, -0.05) is 24.3 Å². The minimum atomic E-state index is -0.551. The van der Waals surface area contributed by atoms with E-state index in [-0.39, 0.29) is 12.1 Å². The Labute approximate surface area is 152 Å². The van der Waals surface area contributed by atoms with Gasteiger partial charge in [-0.3, -0.25) is 9.88 Å². The van der Waals surface area contributed by atoms with E-state index in [1.54, 1.807) is 11.2 Å². The van der Waals surface area contributed by atoms with Gasteiger partial charge in [0.25, 0.3) is 0 Å². The molecule has 1 N–H and O–H groups in total. The number of ether oxygens (including phenoxy) is 1. The fourth-order valence-electron chi connectivity index (χ4n) is 3.34. The summed E-state index contributed by atoms with van der Waals surface area (Å²) in [5, 5.41) is 2.16. The van der Waals surface area contributed by atoms with E-state index in [0.717, 1.165) is 34.3 Å². The molecule has 0 spiro atoms. The molecule has 1 aromatic carbocycles. The topological polar surface area (TPSA) is 71.1 Å². The van der Waals surface area contributed by atoms with Gasteiger partial charge in [0.1, 0.15) is 11.6 Å². The first-order valence-corrected chi connectivity index (χ1v) is 8.79. The second-order valence-electron chi connectivity index (χ2n) is 7.55. The molecule has 1 aliphatic rings. The fourth-order valence-corrected chi connectivity index (χ4v) is 3.34. The summed E-state index contributed by atoms with van der Waals surface area (Å²) in [6.45, 7) is 6.18. The van der Waals surface area contributed by atoms with Gasteiger partial charge < -0.3 is 9.72 Å². The van der Waals surface area contributed by atoms with Crippen LogP contribution in [0, 0.1) is 0 Å². The van der Waals surface area contributed by atoms with Gasteiger partial charge in [-0.25, -0.2) is 9.78 Å². The van der Waals surface area contributed by atoms with Crippen LogP contribution in [-0.2, 0) is 11.2 Å². The molecule has 1 aliphatic heterocycles. The predicted molar refractivity (Wildman–Crippen MR) is 98.8 cm³/mol. The second kappa shape index (κ2) is 6.12. The third kappa shape index (κ3) is 3.03. The summed E-state index contributed by atoms with van der Waals surface area (Å²) in [5.41, 5.74) is 2.13. The number of rotatable bonds is 1. The van der Waals surface area contributed by atoms with Crippen molar-refractivity contribution >= 4 is 16.9 Å². The van der Waals surface area contributed by atoms with Gasteiger partial charge in [0.05, 0.1) is 17.7 Å². The van der Waals surface area contributed by atoms with E-state index in [1.165, 1.54) is 0 Å². The van der Waals surface area contributed by atoms with Crippen molar-refractivity contribution in [2.45, 2.75) is 38.8 Å². The van der Waals surface area contributed by atoms with Gasteiger partial charge in [-0.15, -0.1) is 0 Å². The molecule has 3 heterocycles. The Hall–Kier alpha value is -2.89. The molecule has 6 heteroatoms. The van der Waals surface area contributed by atoms with Crippen LogP contribution in [0.15, 0.2) is 42.9 Å². The first kappa shape index (κ1) is 16.6. The highest BCUT2D eigenvalue weighted by Crippen LogP contribution is 2.34. The van der Waals surface area contributed by atoms with Crippen molar-refractivity contribution in [3.8, 4) is 0 Å². The number of nitrogens with zero attached hydrogens (tertiary/aromatic N) is 3. The summed E-state index contributed by atoms with van der Waals surface area (Å²) >= 11 is 0. The maximum Gasteiger partial charge on any atom is 0.411 e. The molecule has 1 atom stereocenters. The van der Waals surface area contributed by atoms with Gasteiger partial charge in [0.2, 0.25) is 0 Å². The molecule has 0 saturated heterocycles. The zero-order valence-electron chi connectivity index (χ0n) is 15.2. The minimum absolute atomic E-state index is 0.342. The molecular weight excluding hydrogens is 328 g/mol. The quantitative estimate of drug-likeness (QED) is 0.724. The number of imidazole rings is 1. The number of pyridine rings is 1. The van der Waals surface area contributed by atoms with Gasteiger partial charge in [0.15, 0.2) is 0 Å². The van der Waals surface area contributed by atoms with E-state index in [4.69, 9.17) is 4.74 Å². The number of hydrogen-bond acceptors (Lipinski definition) is 4. The van der Waals surface area contributed by atoms with Crippen molar-refractivity contribution in [1.29, 1.82) is 0 Å². The van der Waals surface area contributed by atoms with Crippen molar-refractivity contribution in [3.05, 3.63) is 59.9 Å². The number of nitrogens with one attached hydrogen (secondary N) is 1. The van der Waals surface area contributed by atoms with Crippen molar-refractivity contribution in [1.82, 2.24) is 19.9 Å². The number of H-pyrrole nitrogens is 1. The molecule has 4 rings (SSSR count). The number of amides is 1. The molecule has 0 radical (unpaired) electrons. The number of benzene rings is 1. The zero-order valence-corrected chi connectivity index (χ0v) is 15.2. The Morgan fingerprint density at radius 3 is 2.77 bits per heavy atom. The SMILES string of the molecule is CC(C)(C)OC(=O)N1CCc2[nH]cnc2C1c1cc2ccccc2cn1. The van der Waals surface area contributed by atoms with Crippen LogP contribution in [-0.4, -0.2) is 38.1 Å². The summed E-state index contributed by atoms with van der Waals surface area (Å²) < 4.78 is 5.63. The van der Waals surface area contributed by atoms with E-state index in [1.807, 2.05) is 57.3 Å². The van der Waals surface area contributed by atoms with Crippen LogP contribution < -0.4 is 0 Å². The van der Waals surface area contributed by atoms with E-state index in [2.05, 4.69) is 15.0 Å². The smallest absolute Gasteiger partial charge is 0.411 e.